The lowest BCUT2D eigenvalue weighted by Crippen LogP contribution is -2.29. The molecule has 0 aliphatic rings. The van der Waals surface area contributed by atoms with Crippen LogP contribution in [-0.4, -0.2) is 83.2 Å². The molecule has 2 rings (SSSR count). The maximum Gasteiger partial charge on any atom is 0.466 e. The third-order valence-electron chi connectivity index (χ3n) is 1.86. The van der Waals surface area contributed by atoms with Gasteiger partial charge in [0.15, 0.2) is 6.54 Å². The van der Waals surface area contributed by atoms with Crippen LogP contribution in [0.15, 0.2) is 36.4 Å². The monoisotopic (exact) mass is 797 g/mol. The second-order valence-corrected chi connectivity index (χ2v) is 13.3. The lowest BCUT2D eigenvalue weighted by Gasteiger charge is -2.01. The maximum atomic E-state index is 8.88. The van der Waals surface area contributed by atoms with E-state index in [1.54, 1.807) is 11.3 Å². The largest absolute Gasteiger partial charge is 0.756 e. The number of aromatic nitrogens is 1. The molecule has 258 valence electrons. The highest BCUT2D eigenvalue weighted by molar-refractivity contribution is 7.46. The van der Waals surface area contributed by atoms with Gasteiger partial charge in [-0.15, -0.1) is 0 Å². The van der Waals surface area contributed by atoms with Crippen molar-refractivity contribution in [2.45, 2.75) is 6.54 Å². The van der Waals surface area contributed by atoms with E-state index in [0.29, 0.717) is 0 Å². The first-order valence-electron chi connectivity index (χ1n) is 8.66. The van der Waals surface area contributed by atoms with Gasteiger partial charge in [-0.3, -0.25) is 4.57 Å². The molecule has 0 saturated heterocycles. The van der Waals surface area contributed by atoms with E-state index in [4.69, 9.17) is 127 Å². The Labute approximate surface area is 248 Å². The second kappa shape index (κ2) is 23.2. The summed E-state index contributed by atoms with van der Waals surface area (Å²) < 4.78 is 56.6. The molecule has 0 unspecified atom stereocenters. The Balaban J connectivity index is -0.000000139. The van der Waals surface area contributed by atoms with Crippen LogP contribution < -0.4 is 9.46 Å². The number of halogens is 1. The molecule has 25 nitrogen and oxygen atoms in total. The molecular formula is C10H26ClNO24P6S. The summed E-state index contributed by atoms with van der Waals surface area (Å²) in [6, 6.07) is 5.94. The quantitative estimate of drug-likeness (QED) is 0.0809. The zero-order chi connectivity index (χ0) is 36.3. The van der Waals surface area contributed by atoms with Crippen LogP contribution in [-0.2, 0) is 33.9 Å². The van der Waals surface area contributed by atoms with Gasteiger partial charge in [-0.2, -0.15) is 4.57 Å². The van der Waals surface area contributed by atoms with E-state index in [0.717, 1.165) is 11.6 Å². The highest BCUT2D eigenvalue weighted by Crippen LogP contribution is 2.27. The first kappa shape index (κ1) is 52.3. The molecule has 0 bridgehead atoms. The fourth-order valence-corrected chi connectivity index (χ4v) is 2.32. The van der Waals surface area contributed by atoms with Gasteiger partial charge in [-0.25, -0.2) is 22.8 Å². The van der Waals surface area contributed by atoms with Crippen molar-refractivity contribution in [3.8, 4) is 0 Å². The zero-order valence-corrected chi connectivity index (χ0v) is 27.1. The molecule has 1 heterocycles. The van der Waals surface area contributed by atoms with Crippen molar-refractivity contribution in [3.05, 3.63) is 41.4 Å². The van der Waals surface area contributed by atoms with Gasteiger partial charge in [0.25, 0.3) is 7.82 Å². The zero-order valence-electron chi connectivity index (χ0n) is 20.2. The van der Waals surface area contributed by atoms with Crippen LogP contribution in [0.4, 0.5) is 0 Å². The first-order valence-corrected chi connectivity index (χ1v) is 19.3. The fraction of sp³-hybridized carbons (Fsp3) is 0.100. The van der Waals surface area contributed by atoms with Crippen molar-refractivity contribution in [2.75, 3.05) is 0 Å². The van der Waals surface area contributed by atoms with Crippen LogP contribution in [0.1, 0.15) is 0 Å². The summed E-state index contributed by atoms with van der Waals surface area (Å²) in [5.74, 6) is 0. The molecule has 0 fully saturated rings. The smallest absolute Gasteiger partial charge is 0.466 e. The van der Waals surface area contributed by atoms with E-state index < -0.39 is 46.9 Å². The number of allylic oxidation sites excluding steroid dienone is 1. The number of nitrogens with zero attached hydrogens (tertiary/aromatic N) is 1. The first-order chi connectivity index (χ1) is 18.3. The number of rotatable bonds is 2. The minimum atomic E-state index is -4.89. The summed E-state index contributed by atoms with van der Waals surface area (Å²) in [6.07, 6.45) is 1.88. The van der Waals surface area contributed by atoms with Crippen molar-refractivity contribution in [1.82, 2.24) is 0 Å². The summed E-state index contributed by atoms with van der Waals surface area (Å²) in [6.45, 7) is 4.55. The van der Waals surface area contributed by atoms with E-state index >= 15 is 0 Å². The van der Waals surface area contributed by atoms with Crippen LogP contribution >= 0.6 is 69.9 Å². The average molecular weight is 798 g/mol. The molecule has 1 aromatic heterocycles. The van der Waals surface area contributed by atoms with Crippen molar-refractivity contribution >= 4 is 80.1 Å². The Morgan fingerprint density at radius 2 is 0.930 bits per heavy atom. The Hall–Kier alpha value is -0.200. The summed E-state index contributed by atoms with van der Waals surface area (Å²) in [4.78, 5) is 131. The Morgan fingerprint density at radius 3 is 1.16 bits per heavy atom. The fourth-order valence-electron chi connectivity index (χ4n) is 1.27. The molecule has 0 radical (unpaired) electrons. The molecule has 1 aromatic carbocycles. The molecule has 0 aliphatic heterocycles. The molecule has 0 spiro atoms. The van der Waals surface area contributed by atoms with E-state index in [9.17, 15) is 0 Å². The lowest BCUT2D eigenvalue weighted by atomic mass is 10.3. The van der Waals surface area contributed by atoms with Gasteiger partial charge in [0.1, 0.15) is 4.70 Å². The molecule has 17 N–H and O–H groups in total. The van der Waals surface area contributed by atoms with Gasteiger partial charge in [0, 0.05) is 11.1 Å². The van der Waals surface area contributed by atoms with Crippen LogP contribution in [0.2, 0.25) is 5.02 Å². The number of phosphoric acid groups is 6. The Morgan fingerprint density at radius 1 is 0.674 bits per heavy atom. The van der Waals surface area contributed by atoms with Crippen LogP contribution in [0, 0.1) is 0 Å². The standard InChI is InChI=1S/C10H9ClNS.6H3O4P/c1-2-5-12-7-13-10-4-3-8(11)6-9(10)12;6*1-5(2,3)4/h2-4,6-7H,1,5H2;6*(H3,1,2,3,4)/q+1;;;;;;/p-1. The van der Waals surface area contributed by atoms with Gasteiger partial charge in [0.2, 0.25) is 11.0 Å². The molecule has 2 aromatic rings. The predicted molar refractivity (Wildman–Crippen MR) is 141 cm³/mol. The number of hydrogen-bond donors (Lipinski definition) is 17. The normalized spacial score (nSPS) is 11.4. The Kier molecular flexibility index (Phi) is 28.2. The number of hydrogen-bond acceptors (Lipinski definition) is 8. The molecule has 33 heteroatoms. The summed E-state index contributed by atoms with van der Waals surface area (Å²) in [7, 11) is -28.1. The SMILES string of the molecule is C=CC[n+]1csc2ccc(Cl)cc21.O=P(O)(O)O.O=P(O)(O)O.O=P(O)(O)O.O=P(O)(O)O.O=P(O)(O)O.O=P([O-])(O)O. The van der Waals surface area contributed by atoms with Crippen LogP contribution in [0.5, 0.6) is 0 Å². The average Bonchev–Trinajstić information content (AvgIpc) is 2.95. The van der Waals surface area contributed by atoms with E-state index in [2.05, 4.69) is 16.7 Å². The summed E-state index contributed by atoms with van der Waals surface area (Å²) in [5.41, 5.74) is 3.26. The van der Waals surface area contributed by atoms with E-state index in [1.165, 1.54) is 10.2 Å². The number of thiazole rings is 1. The Bertz CT molecular complexity index is 1140. The highest BCUT2D eigenvalue weighted by Gasteiger charge is 2.09. The number of benzene rings is 1. The lowest BCUT2D eigenvalue weighted by molar-refractivity contribution is -0.656. The van der Waals surface area contributed by atoms with E-state index in [1.807, 2.05) is 24.3 Å². The van der Waals surface area contributed by atoms with Gasteiger partial charge in [-0.1, -0.05) is 29.5 Å². The van der Waals surface area contributed by atoms with Crippen LogP contribution in [0.3, 0.4) is 0 Å². The van der Waals surface area contributed by atoms with Crippen molar-refractivity contribution in [3.63, 3.8) is 0 Å². The molecule has 0 atom stereocenters. The molecule has 0 aliphatic carbocycles. The molecule has 0 amide bonds. The minimum Gasteiger partial charge on any atom is -0.756 e. The molecule has 0 saturated carbocycles. The second-order valence-electron chi connectivity index (χ2n) is 5.83. The van der Waals surface area contributed by atoms with Gasteiger partial charge >= 0.3 is 39.1 Å². The van der Waals surface area contributed by atoms with Crippen molar-refractivity contribution in [1.29, 1.82) is 0 Å². The van der Waals surface area contributed by atoms with Crippen LogP contribution in [0.25, 0.3) is 10.2 Å². The summed E-state index contributed by atoms with van der Waals surface area (Å²) >= 11 is 7.63. The maximum absolute atomic E-state index is 8.88. The third-order valence-corrected chi connectivity index (χ3v) is 3.06. The topological polar surface area (TPSA) is 473 Å². The molecular weight excluding hydrogens is 771 g/mol. The van der Waals surface area contributed by atoms with E-state index in [-0.39, 0.29) is 0 Å². The summed E-state index contributed by atoms with van der Waals surface area (Å²) in [5, 5.41) is 0.781. The van der Waals surface area contributed by atoms with Gasteiger partial charge < -0.3 is 88.1 Å². The minimum absolute atomic E-state index is 0.781. The van der Waals surface area contributed by atoms with Crippen molar-refractivity contribution < 1.29 is 120 Å². The van der Waals surface area contributed by atoms with Gasteiger partial charge in [-0.05, 0) is 18.2 Å². The van der Waals surface area contributed by atoms with Gasteiger partial charge in [0.05, 0.1) is 0 Å². The highest BCUT2D eigenvalue weighted by atomic mass is 35.5. The molecule has 43 heavy (non-hydrogen) atoms. The third kappa shape index (κ3) is 108. The predicted octanol–water partition coefficient (Wildman–Crippen LogP) is -3.18. The van der Waals surface area contributed by atoms with Crippen molar-refractivity contribution in [2.24, 2.45) is 0 Å². The number of fused-ring (bicyclic) bond motifs is 1.